The lowest BCUT2D eigenvalue weighted by Crippen LogP contribution is -2.26. The van der Waals surface area contributed by atoms with Crippen molar-refractivity contribution in [1.82, 2.24) is 14.8 Å². The Morgan fingerprint density at radius 2 is 2.22 bits per heavy atom. The molecule has 0 saturated heterocycles. The van der Waals surface area contributed by atoms with Gasteiger partial charge in [0.15, 0.2) is 5.82 Å². The van der Waals surface area contributed by atoms with E-state index < -0.39 is 10.0 Å². The van der Waals surface area contributed by atoms with E-state index in [-0.39, 0.29) is 17.8 Å². The van der Waals surface area contributed by atoms with Gasteiger partial charge in [-0.1, -0.05) is 0 Å². The smallest absolute Gasteiger partial charge is 0.237 e. The molecule has 1 unspecified atom stereocenters. The van der Waals surface area contributed by atoms with Crippen molar-refractivity contribution in [3.63, 3.8) is 0 Å². The number of methoxy groups -OCH3 is 1. The predicted octanol–water partition coefficient (Wildman–Crippen LogP) is 0.469. The van der Waals surface area contributed by atoms with Crippen LogP contribution in [0.1, 0.15) is 31.5 Å². The minimum Gasteiger partial charge on any atom is -0.381 e. The van der Waals surface area contributed by atoms with Gasteiger partial charge in [-0.2, -0.15) is 10.1 Å². The van der Waals surface area contributed by atoms with Crippen molar-refractivity contribution >= 4 is 16.0 Å². The fourth-order valence-corrected chi connectivity index (χ4v) is 2.86. The Balaban J connectivity index is 2.08. The average Bonchev–Trinajstić information content (AvgIpc) is 3.05. The summed E-state index contributed by atoms with van der Waals surface area (Å²) in [4.78, 5) is 4.21. The maximum absolute atomic E-state index is 11.8. The first kappa shape index (κ1) is 13.3. The molecule has 7 nitrogen and oxygen atoms in total. The molecule has 1 saturated carbocycles. The number of anilines is 1. The van der Waals surface area contributed by atoms with E-state index in [1.54, 1.807) is 14.0 Å². The highest BCUT2D eigenvalue weighted by Crippen LogP contribution is 2.38. The van der Waals surface area contributed by atoms with Crippen molar-refractivity contribution < 1.29 is 13.2 Å². The molecule has 1 atom stereocenters. The van der Waals surface area contributed by atoms with Gasteiger partial charge in [0.25, 0.3) is 0 Å². The van der Waals surface area contributed by atoms with E-state index >= 15 is 0 Å². The molecule has 18 heavy (non-hydrogen) atoms. The Kier molecular flexibility index (Phi) is 3.58. The molecule has 0 amide bonds. The summed E-state index contributed by atoms with van der Waals surface area (Å²) in [6, 6.07) is 0. The van der Waals surface area contributed by atoms with E-state index in [0.29, 0.717) is 5.92 Å². The van der Waals surface area contributed by atoms with E-state index in [1.165, 1.54) is 11.8 Å². The first-order valence-electron chi connectivity index (χ1n) is 5.85. The molecule has 0 aliphatic heterocycles. The Bertz CT molecular complexity index is 521. The van der Waals surface area contributed by atoms with Gasteiger partial charge in [0.2, 0.25) is 16.0 Å². The van der Waals surface area contributed by atoms with Crippen LogP contribution < -0.4 is 4.72 Å². The summed E-state index contributed by atoms with van der Waals surface area (Å²) in [5, 5.41) is 4.20. The van der Waals surface area contributed by atoms with E-state index in [2.05, 4.69) is 14.8 Å². The zero-order chi connectivity index (χ0) is 13.3. The number of nitrogens with one attached hydrogen (secondary N) is 1. The summed E-state index contributed by atoms with van der Waals surface area (Å²) in [6.07, 6.45) is 1.80. The van der Waals surface area contributed by atoms with Gasteiger partial charge in [-0.25, -0.2) is 13.1 Å². The second-order valence-electron chi connectivity index (χ2n) is 4.62. The SMILES string of the molecule is COC(C)CS(=O)(=O)Nc1nc(C2CC2)nn1C. The minimum atomic E-state index is -3.46. The van der Waals surface area contributed by atoms with E-state index in [1.807, 2.05) is 0 Å². The van der Waals surface area contributed by atoms with Crippen LogP contribution in [0.25, 0.3) is 0 Å². The Morgan fingerprint density at radius 1 is 1.56 bits per heavy atom. The van der Waals surface area contributed by atoms with Gasteiger partial charge in [0.05, 0.1) is 11.9 Å². The summed E-state index contributed by atoms with van der Waals surface area (Å²) in [5.41, 5.74) is 0. The highest BCUT2D eigenvalue weighted by Gasteiger charge is 2.29. The second kappa shape index (κ2) is 4.85. The number of aromatic nitrogens is 3. The Morgan fingerprint density at radius 3 is 2.78 bits per heavy atom. The van der Waals surface area contributed by atoms with E-state index in [0.717, 1.165) is 18.7 Å². The molecule has 0 spiro atoms. The van der Waals surface area contributed by atoms with E-state index in [4.69, 9.17) is 4.74 Å². The number of sulfonamides is 1. The molecular formula is C10H18N4O3S. The zero-order valence-electron chi connectivity index (χ0n) is 10.8. The molecular weight excluding hydrogens is 256 g/mol. The van der Waals surface area contributed by atoms with Crippen molar-refractivity contribution in [1.29, 1.82) is 0 Å². The number of aryl methyl sites for hydroxylation is 1. The van der Waals surface area contributed by atoms with Gasteiger partial charge in [0, 0.05) is 20.1 Å². The second-order valence-corrected chi connectivity index (χ2v) is 6.39. The van der Waals surface area contributed by atoms with Gasteiger partial charge < -0.3 is 4.74 Å². The van der Waals surface area contributed by atoms with Crippen molar-refractivity contribution in [3.8, 4) is 0 Å². The number of hydrogen-bond acceptors (Lipinski definition) is 5. The first-order chi connectivity index (χ1) is 8.41. The largest absolute Gasteiger partial charge is 0.381 e. The highest BCUT2D eigenvalue weighted by atomic mass is 32.2. The molecule has 1 aliphatic rings. The Hall–Kier alpha value is -1.15. The molecule has 0 radical (unpaired) electrons. The predicted molar refractivity (Wildman–Crippen MR) is 66.9 cm³/mol. The van der Waals surface area contributed by atoms with Crippen molar-refractivity contribution in [2.45, 2.75) is 31.8 Å². The maximum Gasteiger partial charge on any atom is 0.237 e. The number of ether oxygens (including phenoxy) is 1. The van der Waals surface area contributed by atoms with Gasteiger partial charge in [-0.3, -0.25) is 4.72 Å². The van der Waals surface area contributed by atoms with Crippen molar-refractivity contribution in [2.75, 3.05) is 17.6 Å². The third kappa shape index (κ3) is 3.20. The first-order valence-corrected chi connectivity index (χ1v) is 7.50. The lowest BCUT2D eigenvalue weighted by atomic mass is 10.4. The minimum absolute atomic E-state index is 0.102. The lowest BCUT2D eigenvalue weighted by Gasteiger charge is -2.10. The van der Waals surface area contributed by atoms with Crippen LogP contribution >= 0.6 is 0 Å². The van der Waals surface area contributed by atoms with Crippen LogP contribution in [0.15, 0.2) is 0 Å². The lowest BCUT2D eigenvalue weighted by molar-refractivity contribution is 0.136. The number of rotatable bonds is 6. The number of hydrogen-bond donors (Lipinski definition) is 1. The fourth-order valence-electron chi connectivity index (χ4n) is 1.57. The molecule has 1 aromatic heterocycles. The average molecular weight is 274 g/mol. The fraction of sp³-hybridized carbons (Fsp3) is 0.800. The third-order valence-corrected chi connectivity index (χ3v) is 4.23. The molecule has 0 bridgehead atoms. The summed E-state index contributed by atoms with van der Waals surface area (Å²) in [7, 11) is -0.302. The van der Waals surface area contributed by atoms with Crippen LogP contribution in [-0.2, 0) is 21.8 Å². The highest BCUT2D eigenvalue weighted by molar-refractivity contribution is 7.92. The van der Waals surface area contributed by atoms with Gasteiger partial charge in [-0.15, -0.1) is 0 Å². The standard InChI is InChI=1S/C10H18N4O3S/c1-7(17-3)6-18(15,16)13-10-11-9(8-4-5-8)12-14(10)2/h7-8H,4-6H2,1-3H3,(H,11,12,13). The van der Waals surface area contributed by atoms with Gasteiger partial charge >= 0.3 is 0 Å². The molecule has 102 valence electrons. The quantitative estimate of drug-likeness (QED) is 0.815. The molecule has 1 fully saturated rings. The molecule has 1 N–H and O–H groups in total. The normalized spacial score (nSPS) is 17.7. The molecule has 8 heteroatoms. The zero-order valence-corrected chi connectivity index (χ0v) is 11.6. The van der Waals surface area contributed by atoms with Crippen molar-refractivity contribution in [3.05, 3.63) is 5.82 Å². The summed E-state index contributed by atoms with van der Waals surface area (Å²) < 4.78 is 32.5. The van der Waals surface area contributed by atoms with Crippen LogP contribution in [-0.4, -0.2) is 42.1 Å². The topological polar surface area (TPSA) is 86.1 Å². The molecule has 0 aromatic carbocycles. The summed E-state index contributed by atoms with van der Waals surface area (Å²) in [5.74, 6) is 1.28. The van der Waals surface area contributed by atoms with E-state index in [9.17, 15) is 8.42 Å². The molecule has 1 aliphatic carbocycles. The number of nitrogens with zero attached hydrogens (tertiary/aromatic N) is 3. The molecule has 1 heterocycles. The van der Waals surface area contributed by atoms with Crippen molar-refractivity contribution in [2.24, 2.45) is 7.05 Å². The maximum atomic E-state index is 11.8. The Labute approximate surface area is 107 Å². The van der Waals surface area contributed by atoms with Crippen LogP contribution in [0.5, 0.6) is 0 Å². The van der Waals surface area contributed by atoms with Crippen LogP contribution in [0.2, 0.25) is 0 Å². The monoisotopic (exact) mass is 274 g/mol. The summed E-state index contributed by atoms with van der Waals surface area (Å²) in [6.45, 7) is 1.70. The van der Waals surface area contributed by atoms with Crippen LogP contribution in [0.3, 0.4) is 0 Å². The third-order valence-electron chi connectivity index (χ3n) is 2.83. The molecule has 1 aromatic rings. The van der Waals surface area contributed by atoms with Gasteiger partial charge in [0.1, 0.15) is 0 Å². The van der Waals surface area contributed by atoms with Crippen LogP contribution in [0, 0.1) is 0 Å². The molecule has 2 rings (SSSR count). The van der Waals surface area contributed by atoms with Crippen LogP contribution in [0.4, 0.5) is 5.95 Å². The summed E-state index contributed by atoms with van der Waals surface area (Å²) >= 11 is 0. The van der Waals surface area contributed by atoms with Gasteiger partial charge in [-0.05, 0) is 19.8 Å².